The maximum atomic E-state index is 5.20. The van der Waals surface area contributed by atoms with E-state index in [9.17, 15) is 0 Å². The first-order valence-corrected chi connectivity index (χ1v) is 5.95. The number of likely N-dealkylation sites (N-methyl/N-ethyl adjacent to an activating group) is 1. The standard InChI is InChI=1S/C12H21N3O/c1-8(12-9(2)14-16-10(12)3)13-11-5-6-15(4)7-11/h8,11,13H,5-7H2,1-4H3. The van der Waals surface area contributed by atoms with Crippen LogP contribution in [0.1, 0.15) is 36.4 Å². The predicted molar refractivity (Wildman–Crippen MR) is 63.4 cm³/mol. The molecule has 1 aliphatic heterocycles. The Labute approximate surface area is 97.0 Å². The Morgan fingerprint density at radius 2 is 2.25 bits per heavy atom. The van der Waals surface area contributed by atoms with E-state index in [0.717, 1.165) is 18.0 Å². The highest BCUT2D eigenvalue weighted by atomic mass is 16.5. The largest absolute Gasteiger partial charge is 0.361 e. The van der Waals surface area contributed by atoms with Gasteiger partial charge in [-0.1, -0.05) is 5.16 Å². The second kappa shape index (κ2) is 4.55. The zero-order valence-electron chi connectivity index (χ0n) is 10.6. The van der Waals surface area contributed by atoms with Crippen LogP contribution < -0.4 is 5.32 Å². The minimum Gasteiger partial charge on any atom is -0.361 e. The van der Waals surface area contributed by atoms with Crippen LogP contribution in [0.2, 0.25) is 0 Å². The van der Waals surface area contributed by atoms with Crippen LogP contribution in [-0.2, 0) is 0 Å². The van der Waals surface area contributed by atoms with Gasteiger partial charge in [0.25, 0.3) is 0 Å². The van der Waals surface area contributed by atoms with Gasteiger partial charge in [0.15, 0.2) is 0 Å². The van der Waals surface area contributed by atoms with E-state index in [-0.39, 0.29) is 0 Å². The minimum atomic E-state index is 0.322. The van der Waals surface area contributed by atoms with Gasteiger partial charge in [0.2, 0.25) is 0 Å². The van der Waals surface area contributed by atoms with Crippen molar-refractivity contribution in [2.75, 3.05) is 20.1 Å². The van der Waals surface area contributed by atoms with Crippen LogP contribution in [0, 0.1) is 13.8 Å². The summed E-state index contributed by atoms with van der Waals surface area (Å²) in [6, 6.07) is 0.913. The number of hydrogen-bond donors (Lipinski definition) is 1. The van der Waals surface area contributed by atoms with E-state index in [0.29, 0.717) is 12.1 Å². The SMILES string of the molecule is Cc1noc(C)c1C(C)NC1CCN(C)C1. The number of nitrogens with zero attached hydrogens (tertiary/aromatic N) is 2. The van der Waals surface area contributed by atoms with Crippen molar-refractivity contribution in [2.24, 2.45) is 0 Å². The third kappa shape index (κ3) is 2.28. The van der Waals surface area contributed by atoms with Crippen LogP contribution in [0.25, 0.3) is 0 Å². The number of aryl methyl sites for hydroxylation is 2. The molecule has 2 heterocycles. The normalized spacial score (nSPS) is 23.9. The van der Waals surface area contributed by atoms with Crippen molar-refractivity contribution < 1.29 is 4.52 Å². The maximum Gasteiger partial charge on any atom is 0.138 e. The van der Waals surface area contributed by atoms with Gasteiger partial charge in [-0.15, -0.1) is 0 Å². The highest BCUT2D eigenvalue weighted by Gasteiger charge is 2.23. The van der Waals surface area contributed by atoms with E-state index in [4.69, 9.17) is 4.52 Å². The molecule has 4 heteroatoms. The van der Waals surface area contributed by atoms with Gasteiger partial charge in [0, 0.05) is 24.2 Å². The first kappa shape index (κ1) is 11.6. The van der Waals surface area contributed by atoms with E-state index in [1.54, 1.807) is 0 Å². The van der Waals surface area contributed by atoms with Crippen LogP contribution >= 0.6 is 0 Å². The molecule has 0 radical (unpaired) electrons. The van der Waals surface area contributed by atoms with Gasteiger partial charge in [-0.3, -0.25) is 0 Å². The molecule has 1 aromatic heterocycles. The molecule has 1 aliphatic rings. The molecule has 1 aromatic rings. The van der Waals surface area contributed by atoms with Crippen molar-refractivity contribution in [3.8, 4) is 0 Å². The summed E-state index contributed by atoms with van der Waals surface area (Å²) in [6.07, 6.45) is 1.23. The molecule has 1 saturated heterocycles. The van der Waals surface area contributed by atoms with Gasteiger partial charge < -0.3 is 14.7 Å². The second-order valence-corrected chi connectivity index (χ2v) is 4.87. The number of nitrogens with one attached hydrogen (secondary N) is 1. The van der Waals surface area contributed by atoms with E-state index >= 15 is 0 Å². The van der Waals surface area contributed by atoms with Crippen LogP contribution in [0.3, 0.4) is 0 Å². The van der Waals surface area contributed by atoms with E-state index in [2.05, 4.69) is 29.3 Å². The summed E-state index contributed by atoms with van der Waals surface area (Å²) in [6.45, 7) is 8.49. The average Bonchev–Trinajstić information content (AvgIpc) is 2.74. The fourth-order valence-electron chi connectivity index (χ4n) is 2.62. The third-order valence-corrected chi connectivity index (χ3v) is 3.40. The zero-order valence-corrected chi connectivity index (χ0v) is 10.6. The Balaban J connectivity index is 2.00. The van der Waals surface area contributed by atoms with Crippen LogP contribution in [-0.4, -0.2) is 36.2 Å². The molecule has 2 atom stereocenters. The molecule has 0 saturated carbocycles. The molecular formula is C12H21N3O. The number of hydrogen-bond acceptors (Lipinski definition) is 4. The van der Waals surface area contributed by atoms with Crippen molar-refractivity contribution in [3.63, 3.8) is 0 Å². The monoisotopic (exact) mass is 223 g/mol. The zero-order chi connectivity index (χ0) is 11.7. The van der Waals surface area contributed by atoms with Crippen LogP contribution in [0.15, 0.2) is 4.52 Å². The Kier molecular flexibility index (Phi) is 3.30. The van der Waals surface area contributed by atoms with Crippen LogP contribution in [0.5, 0.6) is 0 Å². The fourth-order valence-corrected chi connectivity index (χ4v) is 2.62. The summed E-state index contributed by atoms with van der Waals surface area (Å²) >= 11 is 0. The van der Waals surface area contributed by atoms with Crippen molar-refractivity contribution in [3.05, 3.63) is 17.0 Å². The molecule has 4 nitrogen and oxygen atoms in total. The van der Waals surface area contributed by atoms with Gasteiger partial charge in [-0.2, -0.15) is 0 Å². The highest BCUT2D eigenvalue weighted by molar-refractivity contribution is 5.24. The molecule has 2 rings (SSSR count). The first-order chi connectivity index (χ1) is 7.58. The summed E-state index contributed by atoms with van der Waals surface area (Å²) in [4.78, 5) is 2.36. The lowest BCUT2D eigenvalue weighted by atomic mass is 10.1. The third-order valence-electron chi connectivity index (χ3n) is 3.40. The van der Waals surface area contributed by atoms with E-state index < -0.39 is 0 Å². The second-order valence-electron chi connectivity index (χ2n) is 4.87. The van der Waals surface area contributed by atoms with E-state index in [1.807, 2.05) is 13.8 Å². The molecule has 0 aromatic carbocycles. The van der Waals surface area contributed by atoms with Crippen molar-refractivity contribution in [2.45, 2.75) is 39.3 Å². The van der Waals surface area contributed by atoms with Crippen molar-refractivity contribution >= 4 is 0 Å². The molecule has 16 heavy (non-hydrogen) atoms. The lowest BCUT2D eigenvalue weighted by molar-refractivity contribution is 0.380. The molecule has 0 amide bonds. The highest BCUT2D eigenvalue weighted by Crippen LogP contribution is 2.22. The van der Waals surface area contributed by atoms with Gasteiger partial charge in [0.1, 0.15) is 5.76 Å². The molecule has 2 unspecified atom stereocenters. The summed E-state index contributed by atoms with van der Waals surface area (Å²) in [5.74, 6) is 0.934. The Morgan fingerprint density at radius 3 is 2.75 bits per heavy atom. The van der Waals surface area contributed by atoms with Crippen molar-refractivity contribution in [1.29, 1.82) is 0 Å². The Hall–Kier alpha value is -0.870. The number of rotatable bonds is 3. The lowest BCUT2D eigenvalue weighted by Gasteiger charge is -2.19. The van der Waals surface area contributed by atoms with Crippen molar-refractivity contribution in [1.82, 2.24) is 15.4 Å². The van der Waals surface area contributed by atoms with E-state index in [1.165, 1.54) is 18.5 Å². The van der Waals surface area contributed by atoms with Gasteiger partial charge in [-0.25, -0.2) is 0 Å². The molecule has 0 spiro atoms. The lowest BCUT2D eigenvalue weighted by Crippen LogP contribution is -2.33. The first-order valence-electron chi connectivity index (χ1n) is 5.95. The topological polar surface area (TPSA) is 41.3 Å². The molecule has 90 valence electrons. The molecular weight excluding hydrogens is 202 g/mol. The van der Waals surface area contributed by atoms with Gasteiger partial charge in [0.05, 0.1) is 5.69 Å². The summed E-state index contributed by atoms with van der Waals surface area (Å²) in [5.41, 5.74) is 2.22. The number of aromatic nitrogens is 1. The summed E-state index contributed by atoms with van der Waals surface area (Å²) in [5, 5.41) is 7.65. The molecule has 0 bridgehead atoms. The Bertz CT molecular complexity index is 342. The fraction of sp³-hybridized carbons (Fsp3) is 0.750. The van der Waals surface area contributed by atoms with Gasteiger partial charge in [-0.05, 0) is 40.8 Å². The number of likely N-dealkylation sites (tertiary alicyclic amines) is 1. The summed E-state index contributed by atoms with van der Waals surface area (Å²) < 4.78 is 5.20. The smallest absolute Gasteiger partial charge is 0.138 e. The average molecular weight is 223 g/mol. The quantitative estimate of drug-likeness (QED) is 0.846. The minimum absolute atomic E-state index is 0.322. The molecule has 0 aliphatic carbocycles. The molecule has 1 N–H and O–H groups in total. The predicted octanol–water partition coefficient (Wildman–Crippen LogP) is 1.65. The van der Waals surface area contributed by atoms with Crippen LogP contribution in [0.4, 0.5) is 0 Å². The Morgan fingerprint density at radius 1 is 1.50 bits per heavy atom. The van der Waals surface area contributed by atoms with Gasteiger partial charge >= 0.3 is 0 Å². The maximum absolute atomic E-state index is 5.20. The summed E-state index contributed by atoms with van der Waals surface area (Å²) in [7, 11) is 2.17. The molecule has 1 fully saturated rings.